The second kappa shape index (κ2) is 9.45. The summed E-state index contributed by atoms with van der Waals surface area (Å²) in [6.45, 7) is 9.49. The van der Waals surface area contributed by atoms with Gasteiger partial charge in [0, 0.05) is 35.6 Å². The van der Waals surface area contributed by atoms with E-state index in [2.05, 4.69) is 89.1 Å². The minimum absolute atomic E-state index is 0.121. The van der Waals surface area contributed by atoms with E-state index in [4.69, 9.17) is 4.74 Å². The molecule has 0 aliphatic rings. The summed E-state index contributed by atoms with van der Waals surface area (Å²) in [6.07, 6.45) is 2.46. The van der Waals surface area contributed by atoms with Gasteiger partial charge < -0.3 is 15.4 Å². The lowest BCUT2D eigenvalue weighted by Crippen LogP contribution is -2.10. The fourth-order valence-electron chi connectivity index (χ4n) is 3.84. The Morgan fingerprint density at radius 2 is 1.67 bits per heavy atom. The molecule has 2 aromatic heterocycles. The number of hydrogen-bond donors (Lipinski definition) is 2. The summed E-state index contributed by atoms with van der Waals surface area (Å²) in [5.41, 5.74) is 5.24. The quantitative estimate of drug-likeness (QED) is 0.361. The number of ether oxygens (including phenoxy) is 1. The van der Waals surface area contributed by atoms with E-state index in [9.17, 15) is 0 Å². The standard InChI is InChI=1S/C27H31N5O/c1-6-28-24-16-18(17-29-26(24)33-5)15-23-21-9-7-8-10-22(21)25(32-31-23)30-20-13-11-19(12-14-20)27(2,3)4/h7-14,16-17,28H,6,15H2,1-5H3,(H,30,32). The van der Waals surface area contributed by atoms with Crippen LogP contribution in [-0.4, -0.2) is 28.8 Å². The zero-order valence-corrected chi connectivity index (χ0v) is 19.9. The molecule has 0 fully saturated rings. The Kier molecular flexibility index (Phi) is 6.45. The largest absolute Gasteiger partial charge is 0.480 e. The van der Waals surface area contributed by atoms with Crippen LogP contribution in [0.25, 0.3) is 10.8 Å². The summed E-state index contributed by atoms with van der Waals surface area (Å²) in [7, 11) is 1.63. The summed E-state index contributed by atoms with van der Waals surface area (Å²) in [5.74, 6) is 1.34. The van der Waals surface area contributed by atoms with Gasteiger partial charge in [0.1, 0.15) is 0 Å². The Bertz CT molecular complexity index is 1250. The molecule has 6 nitrogen and oxygen atoms in total. The highest BCUT2D eigenvalue weighted by atomic mass is 16.5. The van der Waals surface area contributed by atoms with Crippen molar-refractivity contribution in [3.8, 4) is 5.88 Å². The minimum atomic E-state index is 0.121. The molecule has 4 rings (SSSR count). The molecule has 0 radical (unpaired) electrons. The van der Waals surface area contributed by atoms with Gasteiger partial charge in [-0.2, -0.15) is 5.10 Å². The molecular weight excluding hydrogens is 410 g/mol. The molecule has 0 saturated heterocycles. The average Bonchev–Trinajstić information content (AvgIpc) is 2.81. The molecule has 33 heavy (non-hydrogen) atoms. The molecule has 0 spiro atoms. The fraction of sp³-hybridized carbons (Fsp3) is 0.296. The number of pyridine rings is 1. The summed E-state index contributed by atoms with van der Waals surface area (Å²) in [4.78, 5) is 4.44. The van der Waals surface area contributed by atoms with E-state index in [1.54, 1.807) is 7.11 Å². The van der Waals surface area contributed by atoms with Crippen LogP contribution in [0.1, 0.15) is 44.5 Å². The zero-order chi connectivity index (χ0) is 23.4. The van der Waals surface area contributed by atoms with Crippen molar-refractivity contribution < 1.29 is 4.74 Å². The number of hydrogen-bond acceptors (Lipinski definition) is 6. The number of fused-ring (bicyclic) bond motifs is 1. The summed E-state index contributed by atoms with van der Waals surface area (Å²) >= 11 is 0. The monoisotopic (exact) mass is 441 g/mol. The van der Waals surface area contributed by atoms with E-state index >= 15 is 0 Å². The van der Waals surface area contributed by atoms with Crippen LogP contribution in [0.4, 0.5) is 17.2 Å². The molecule has 2 aromatic carbocycles. The Labute approximate surface area is 195 Å². The summed E-state index contributed by atoms with van der Waals surface area (Å²) in [5, 5.41) is 18.0. The van der Waals surface area contributed by atoms with Gasteiger partial charge in [0.2, 0.25) is 5.88 Å². The number of methoxy groups -OCH3 is 1. The number of anilines is 3. The fourth-order valence-corrected chi connectivity index (χ4v) is 3.84. The molecular formula is C27H31N5O. The first kappa shape index (κ1) is 22.5. The molecule has 6 heteroatoms. The molecule has 0 aliphatic heterocycles. The lowest BCUT2D eigenvalue weighted by Gasteiger charge is -2.19. The lowest BCUT2D eigenvalue weighted by atomic mass is 9.87. The second-order valence-corrected chi connectivity index (χ2v) is 9.10. The Hall–Kier alpha value is -3.67. The van der Waals surface area contributed by atoms with Gasteiger partial charge in [0.05, 0.1) is 18.5 Å². The molecule has 0 bridgehead atoms. The third kappa shape index (κ3) is 5.06. The van der Waals surface area contributed by atoms with Crippen molar-refractivity contribution in [3.63, 3.8) is 0 Å². The van der Waals surface area contributed by atoms with Gasteiger partial charge in [-0.15, -0.1) is 5.10 Å². The zero-order valence-electron chi connectivity index (χ0n) is 19.9. The topological polar surface area (TPSA) is 72.0 Å². The smallest absolute Gasteiger partial charge is 0.237 e. The predicted octanol–water partition coefficient (Wildman–Crippen LogP) is 6.10. The van der Waals surface area contributed by atoms with E-state index in [-0.39, 0.29) is 5.41 Å². The maximum absolute atomic E-state index is 5.36. The first-order chi connectivity index (χ1) is 15.9. The molecule has 170 valence electrons. The van der Waals surface area contributed by atoms with E-state index in [0.717, 1.165) is 45.8 Å². The second-order valence-electron chi connectivity index (χ2n) is 9.10. The van der Waals surface area contributed by atoms with Gasteiger partial charge in [-0.3, -0.25) is 0 Å². The Morgan fingerprint density at radius 1 is 0.939 bits per heavy atom. The predicted molar refractivity (Wildman–Crippen MR) is 136 cm³/mol. The molecule has 0 atom stereocenters. The molecule has 4 aromatic rings. The first-order valence-electron chi connectivity index (χ1n) is 11.3. The highest BCUT2D eigenvalue weighted by Crippen LogP contribution is 2.29. The van der Waals surface area contributed by atoms with Gasteiger partial charge in [0.15, 0.2) is 5.82 Å². The van der Waals surface area contributed by atoms with Crippen molar-refractivity contribution in [3.05, 3.63) is 77.6 Å². The molecule has 0 aliphatic carbocycles. The third-order valence-corrected chi connectivity index (χ3v) is 5.62. The molecule has 0 unspecified atom stereocenters. The first-order valence-corrected chi connectivity index (χ1v) is 11.3. The Balaban J connectivity index is 1.64. The Morgan fingerprint density at radius 3 is 2.33 bits per heavy atom. The van der Waals surface area contributed by atoms with Crippen LogP contribution in [0.5, 0.6) is 5.88 Å². The molecule has 0 amide bonds. The van der Waals surface area contributed by atoms with E-state index in [0.29, 0.717) is 12.3 Å². The van der Waals surface area contributed by atoms with Crippen molar-refractivity contribution in [2.24, 2.45) is 0 Å². The van der Waals surface area contributed by atoms with Crippen LogP contribution in [-0.2, 0) is 11.8 Å². The van der Waals surface area contributed by atoms with Crippen LogP contribution in [0.3, 0.4) is 0 Å². The molecule has 0 saturated carbocycles. The van der Waals surface area contributed by atoms with Crippen molar-refractivity contribution in [2.75, 3.05) is 24.3 Å². The van der Waals surface area contributed by atoms with Gasteiger partial charge in [0.25, 0.3) is 0 Å². The van der Waals surface area contributed by atoms with Crippen LogP contribution in [0, 0.1) is 0 Å². The van der Waals surface area contributed by atoms with E-state index in [1.807, 2.05) is 25.3 Å². The van der Waals surface area contributed by atoms with Crippen molar-refractivity contribution in [1.82, 2.24) is 15.2 Å². The van der Waals surface area contributed by atoms with Crippen LogP contribution < -0.4 is 15.4 Å². The summed E-state index contributed by atoms with van der Waals surface area (Å²) < 4.78 is 5.36. The maximum Gasteiger partial charge on any atom is 0.237 e. The lowest BCUT2D eigenvalue weighted by molar-refractivity contribution is 0.399. The number of aromatic nitrogens is 3. The van der Waals surface area contributed by atoms with Gasteiger partial charge in [-0.1, -0.05) is 57.2 Å². The van der Waals surface area contributed by atoms with E-state index in [1.165, 1.54) is 5.56 Å². The third-order valence-electron chi connectivity index (χ3n) is 5.62. The van der Waals surface area contributed by atoms with Gasteiger partial charge in [-0.05, 0) is 41.7 Å². The average molecular weight is 442 g/mol. The number of nitrogens with zero attached hydrogens (tertiary/aromatic N) is 3. The number of rotatable bonds is 7. The minimum Gasteiger partial charge on any atom is -0.480 e. The number of nitrogens with one attached hydrogen (secondary N) is 2. The molecule has 2 N–H and O–H groups in total. The van der Waals surface area contributed by atoms with Gasteiger partial charge >= 0.3 is 0 Å². The van der Waals surface area contributed by atoms with Crippen molar-refractivity contribution in [1.29, 1.82) is 0 Å². The molecule has 2 heterocycles. The van der Waals surface area contributed by atoms with Crippen LogP contribution in [0.15, 0.2) is 60.8 Å². The van der Waals surface area contributed by atoms with Crippen LogP contribution in [0.2, 0.25) is 0 Å². The van der Waals surface area contributed by atoms with E-state index < -0.39 is 0 Å². The highest BCUT2D eigenvalue weighted by molar-refractivity contribution is 5.94. The maximum atomic E-state index is 5.36. The van der Waals surface area contributed by atoms with Crippen molar-refractivity contribution in [2.45, 2.75) is 39.5 Å². The number of benzene rings is 2. The van der Waals surface area contributed by atoms with Crippen molar-refractivity contribution >= 4 is 28.0 Å². The normalized spacial score (nSPS) is 11.4. The van der Waals surface area contributed by atoms with Crippen LogP contribution >= 0.6 is 0 Å². The summed E-state index contributed by atoms with van der Waals surface area (Å²) in [6, 6.07) is 18.8. The SMILES string of the molecule is CCNc1cc(Cc2nnc(Nc3ccc(C(C)(C)C)cc3)c3ccccc23)cnc1OC. The van der Waals surface area contributed by atoms with Gasteiger partial charge in [-0.25, -0.2) is 4.98 Å². The highest BCUT2D eigenvalue weighted by Gasteiger charge is 2.14.